The number of hydrogen-bond donors (Lipinski definition) is 3. The van der Waals surface area contributed by atoms with E-state index in [0.717, 1.165) is 19.4 Å². The molecule has 3 rings (SSSR count). The van der Waals surface area contributed by atoms with Crippen LogP contribution >= 0.6 is 0 Å². The molecule has 31 heavy (non-hydrogen) atoms. The third-order valence-corrected chi connectivity index (χ3v) is 5.89. The summed E-state index contributed by atoms with van der Waals surface area (Å²) in [5.41, 5.74) is 0.611. The maximum absolute atomic E-state index is 13.3. The summed E-state index contributed by atoms with van der Waals surface area (Å²) in [7, 11) is 3.97. The van der Waals surface area contributed by atoms with Crippen LogP contribution in [-0.2, 0) is 14.4 Å². The number of rotatable bonds is 10. The van der Waals surface area contributed by atoms with Crippen LogP contribution in [0.5, 0.6) is 5.75 Å². The molecule has 9 nitrogen and oxygen atoms in total. The van der Waals surface area contributed by atoms with Crippen molar-refractivity contribution in [1.82, 2.24) is 15.1 Å². The molecule has 0 aliphatic carbocycles. The molecule has 1 aromatic carbocycles. The molecule has 0 saturated carbocycles. The van der Waals surface area contributed by atoms with Crippen molar-refractivity contribution in [2.75, 3.05) is 33.9 Å². The van der Waals surface area contributed by atoms with Crippen LogP contribution in [0.4, 0.5) is 0 Å². The Kier molecular flexibility index (Phi) is 7.50. The molecule has 0 bridgehead atoms. The lowest BCUT2D eigenvalue weighted by Crippen LogP contribution is -2.61. The van der Waals surface area contributed by atoms with Crippen LogP contribution in [0.3, 0.4) is 0 Å². The Balaban J connectivity index is 1.84. The molecule has 0 unspecified atom stereocenters. The molecule has 1 aromatic rings. The topological polar surface area (TPSA) is 119 Å². The fourth-order valence-corrected chi connectivity index (χ4v) is 4.46. The standard InChI is InChI=1S/C22H31N3O6/c1-24(2)9-4-3-8-17-21(28)25-18(20(27)23-17)13-16(22(29)30)19(25)14-6-5-7-15(12-14)31-11-10-26/h5-7,12,16-19,26H,3-4,8-11,13H2,1-2H3,(H,23,27)(H,29,30)/t16-,17+,18-,19-/m1/s1. The minimum absolute atomic E-state index is 0.0760. The van der Waals surface area contributed by atoms with Gasteiger partial charge >= 0.3 is 5.97 Å². The molecular formula is C22H31N3O6. The SMILES string of the molecule is CN(C)CCCC[C@@H]1NC(=O)[C@H]2C[C@@H](C(=O)O)[C@@H](c3cccc(OCCO)c3)N2C1=O. The fourth-order valence-electron chi connectivity index (χ4n) is 4.46. The van der Waals surface area contributed by atoms with Crippen molar-refractivity contribution in [3.05, 3.63) is 29.8 Å². The fraction of sp³-hybridized carbons (Fsp3) is 0.591. The van der Waals surface area contributed by atoms with Crippen molar-refractivity contribution in [3.8, 4) is 5.75 Å². The molecule has 170 valence electrons. The zero-order chi connectivity index (χ0) is 22.5. The Morgan fingerprint density at radius 3 is 2.74 bits per heavy atom. The van der Waals surface area contributed by atoms with Gasteiger partial charge in [-0.2, -0.15) is 0 Å². The second-order valence-corrected chi connectivity index (χ2v) is 8.39. The van der Waals surface area contributed by atoms with Crippen LogP contribution in [0.25, 0.3) is 0 Å². The molecule has 2 aliphatic rings. The zero-order valence-electron chi connectivity index (χ0n) is 18.0. The van der Waals surface area contributed by atoms with Gasteiger partial charge in [-0.15, -0.1) is 0 Å². The number of aliphatic carboxylic acids is 1. The van der Waals surface area contributed by atoms with Gasteiger partial charge in [-0.05, 0) is 64.0 Å². The van der Waals surface area contributed by atoms with Gasteiger partial charge in [0.15, 0.2) is 0 Å². The summed E-state index contributed by atoms with van der Waals surface area (Å²) in [6.07, 6.45) is 2.28. The number of hydrogen-bond acceptors (Lipinski definition) is 6. The Morgan fingerprint density at radius 2 is 2.06 bits per heavy atom. The number of unbranched alkanes of at least 4 members (excludes halogenated alkanes) is 1. The van der Waals surface area contributed by atoms with Gasteiger partial charge in [0, 0.05) is 0 Å². The summed E-state index contributed by atoms with van der Waals surface area (Å²) in [6, 6.07) is 4.68. The van der Waals surface area contributed by atoms with Crippen molar-refractivity contribution in [3.63, 3.8) is 0 Å². The minimum Gasteiger partial charge on any atom is -0.491 e. The third-order valence-electron chi connectivity index (χ3n) is 5.89. The van der Waals surface area contributed by atoms with E-state index in [2.05, 4.69) is 10.2 Å². The van der Waals surface area contributed by atoms with E-state index in [1.54, 1.807) is 24.3 Å². The highest BCUT2D eigenvalue weighted by Gasteiger charge is 2.54. The molecule has 4 atom stereocenters. The molecule has 2 saturated heterocycles. The van der Waals surface area contributed by atoms with E-state index >= 15 is 0 Å². The smallest absolute Gasteiger partial charge is 0.309 e. The Bertz CT molecular complexity index is 814. The monoisotopic (exact) mass is 433 g/mol. The van der Waals surface area contributed by atoms with Crippen molar-refractivity contribution in [2.24, 2.45) is 5.92 Å². The van der Waals surface area contributed by atoms with E-state index in [1.807, 2.05) is 14.1 Å². The molecule has 3 N–H and O–H groups in total. The van der Waals surface area contributed by atoms with Crippen molar-refractivity contribution in [1.29, 1.82) is 0 Å². The summed E-state index contributed by atoms with van der Waals surface area (Å²) in [4.78, 5) is 41.7. The molecule has 2 fully saturated rings. The zero-order valence-corrected chi connectivity index (χ0v) is 18.0. The maximum Gasteiger partial charge on any atom is 0.309 e. The van der Waals surface area contributed by atoms with Gasteiger partial charge in [-0.3, -0.25) is 14.4 Å². The average molecular weight is 434 g/mol. The number of carboxylic acids is 1. The molecule has 2 heterocycles. The number of ether oxygens (including phenoxy) is 1. The van der Waals surface area contributed by atoms with Crippen LogP contribution in [0.1, 0.15) is 37.3 Å². The first kappa shape index (κ1) is 23.0. The molecule has 9 heteroatoms. The molecular weight excluding hydrogens is 402 g/mol. The Hall–Kier alpha value is -2.65. The Labute approximate surface area is 182 Å². The molecule has 2 aliphatic heterocycles. The number of carbonyl (C=O) groups excluding carboxylic acids is 2. The number of aliphatic hydroxyl groups is 1. The molecule has 2 amide bonds. The third kappa shape index (κ3) is 5.16. The predicted octanol–water partition coefficient (Wildman–Crippen LogP) is 0.631. The van der Waals surface area contributed by atoms with E-state index < -0.39 is 30.0 Å². The quantitative estimate of drug-likeness (QED) is 0.463. The van der Waals surface area contributed by atoms with Crippen LogP contribution in [0.15, 0.2) is 24.3 Å². The van der Waals surface area contributed by atoms with Crippen molar-refractivity contribution in [2.45, 2.75) is 43.8 Å². The van der Waals surface area contributed by atoms with E-state index in [9.17, 15) is 19.5 Å². The first-order valence-electron chi connectivity index (χ1n) is 10.7. The predicted molar refractivity (Wildman–Crippen MR) is 112 cm³/mol. The average Bonchev–Trinajstić information content (AvgIpc) is 3.15. The molecule has 0 aromatic heterocycles. The van der Waals surface area contributed by atoms with E-state index in [1.165, 1.54) is 4.90 Å². The number of aliphatic hydroxyl groups excluding tert-OH is 1. The second kappa shape index (κ2) is 10.1. The largest absolute Gasteiger partial charge is 0.491 e. The van der Waals surface area contributed by atoms with Gasteiger partial charge in [-0.25, -0.2) is 0 Å². The number of nitrogens with zero attached hydrogens (tertiary/aromatic N) is 2. The number of fused-ring (bicyclic) bond motifs is 1. The Morgan fingerprint density at radius 1 is 1.29 bits per heavy atom. The maximum atomic E-state index is 13.3. The highest BCUT2D eigenvalue weighted by molar-refractivity contribution is 5.98. The highest BCUT2D eigenvalue weighted by atomic mass is 16.5. The van der Waals surface area contributed by atoms with Gasteiger partial charge < -0.3 is 30.1 Å². The molecule has 0 spiro atoms. The normalized spacial score (nSPS) is 25.5. The summed E-state index contributed by atoms with van der Waals surface area (Å²) < 4.78 is 5.46. The number of carbonyl (C=O) groups is 3. The minimum atomic E-state index is -1.04. The first-order chi connectivity index (χ1) is 14.8. The van der Waals surface area contributed by atoms with Crippen LogP contribution in [0.2, 0.25) is 0 Å². The van der Waals surface area contributed by atoms with E-state index in [-0.39, 0.29) is 31.4 Å². The summed E-state index contributed by atoms with van der Waals surface area (Å²) in [5, 5.41) is 21.6. The van der Waals surface area contributed by atoms with Gasteiger partial charge in [0.05, 0.1) is 18.6 Å². The van der Waals surface area contributed by atoms with Gasteiger partial charge in [0.2, 0.25) is 11.8 Å². The lowest BCUT2D eigenvalue weighted by Gasteiger charge is -2.38. The van der Waals surface area contributed by atoms with Crippen LogP contribution in [-0.4, -0.2) is 83.7 Å². The van der Waals surface area contributed by atoms with Crippen LogP contribution < -0.4 is 10.1 Å². The van der Waals surface area contributed by atoms with E-state index in [0.29, 0.717) is 17.7 Å². The van der Waals surface area contributed by atoms with E-state index in [4.69, 9.17) is 9.84 Å². The van der Waals surface area contributed by atoms with Gasteiger partial charge in [-0.1, -0.05) is 12.1 Å². The number of piperazine rings is 1. The number of nitrogens with one attached hydrogen (secondary N) is 1. The van der Waals surface area contributed by atoms with Crippen molar-refractivity contribution < 1.29 is 29.3 Å². The number of amides is 2. The van der Waals surface area contributed by atoms with Gasteiger partial charge in [0.25, 0.3) is 0 Å². The molecule has 0 radical (unpaired) electrons. The summed E-state index contributed by atoms with van der Waals surface area (Å²) in [6.45, 7) is 0.860. The lowest BCUT2D eigenvalue weighted by molar-refractivity contribution is -0.150. The number of carboxylic acid groups (broad SMARTS) is 1. The van der Waals surface area contributed by atoms with Crippen LogP contribution in [0, 0.1) is 5.92 Å². The van der Waals surface area contributed by atoms with Crippen molar-refractivity contribution >= 4 is 17.8 Å². The lowest BCUT2D eigenvalue weighted by atomic mass is 9.93. The highest BCUT2D eigenvalue weighted by Crippen LogP contribution is 2.44. The first-order valence-corrected chi connectivity index (χ1v) is 10.7. The second-order valence-electron chi connectivity index (χ2n) is 8.39. The summed E-state index contributed by atoms with van der Waals surface area (Å²) >= 11 is 0. The number of benzene rings is 1. The van der Waals surface area contributed by atoms with Gasteiger partial charge in [0.1, 0.15) is 24.4 Å². The summed E-state index contributed by atoms with van der Waals surface area (Å²) in [5.74, 6) is -1.97.